The topological polar surface area (TPSA) is 55.1 Å². The first-order valence-electron chi connectivity index (χ1n) is 6.26. The number of nitrogens with two attached hydrogens (primary N) is 1. The van der Waals surface area contributed by atoms with Crippen molar-refractivity contribution in [1.82, 2.24) is 5.43 Å². The number of fused-ring (bicyclic) bond motifs is 1. The molecule has 18 heavy (non-hydrogen) atoms. The van der Waals surface area contributed by atoms with E-state index in [0.717, 1.165) is 29.2 Å². The van der Waals surface area contributed by atoms with Crippen molar-refractivity contribution >= 4 is 16.7 Å². The highest BCUT2D eigenvalue weighted by Crippen LogP contribution is 2.28. The molecule has 0 saturated carbocycles. The summed E-state index contributed by atoms with van der Waals surface area (Å²) in [5.41, 5.74) is 3.33. The molecule has 0 fully saturated rings. The molecule has 0 aliphatic rings. The quantitative estimate of drug-likeness (QED) is 0.492. The van der Waals surface area contributed by atoms with E-state index >= 15 is 0 Å². The molecule has 2 rings (SSSR count). The van der Waals surface area contributed by atoms with Crippen LogP contribution in [0.4, 0.5) is 0 Å². The van der Waals surface area contributed by atoms with Gasteiger partial charge in [-0.1, -0.05) is 55.8 Å². The van der Waals surface area contributed by atoms with Gasteiger partial charge in [-0.25, -0.2) is 5.84 Å². The molecule has 3 heteroatoms. The minimum absolute atomic E-state index is 0.117. The third kappa shape index (κ3) is 2.36. The summed E-state index contributed by atoms with van der Waals surface area (Å²) >= 11 is 0. The zero-order valence-electron chi connectivity index (χ0n) is 10.5. The van der Waals surface area contributed by atoms with Crippen LogP contribution in [0.5, 0.6) is 0 Å². The predicted molar refractivity (Wildman–Crippen MR) is 73.9 cm³/mol. The number of benzene rings is 2. The highest BCUT2D eigenvalue weighted by Gasteiger charge is 2.20. The minimum atomic E-state index is -0.175. The maximum atomic E-state index is 11.9. The second-order valence-corrected chi connectivity index (χ2v) is 4.42. The van der Waals surface area contributed by atoms with Gasteiger partial charge in [0.2, 0.25) is 5.91 Å². The van der Waals surface area contributed by atoms with Gasteiger partial charge in [-0.15, -0.1) is 0 Å². The number of carbonyl (C=O) groups is 1. The lowest BCUT2D eigenvalue weighted by Gasteiger charge is -2.17. The van der Waals surface area contributed by atoms with Crippen molar-refractivity contribution in [2.75, 3.05) is 0 Å². The van der Waals surface area contributed by atoms with Crippen molar-refractivity contribution in [3.8, 4) is 0 Å². The van der Waals surface area contributed by atoms with Crippen molar-refractivity contribution in [3.05, 3.63) is 48.0 Å². The summed E-state index contributed by atoms with van der Waals surface area (Å²) in [4.78, 5) is 11.9. The third-order valence-corrected chi connectivity index (χ3v) is 3.23. The minimum Gasteiger partial charge on any atom is -0.294 e. The van der Waals surface area contributed by atoms with Crippen molar-refractivity contribution in [3.63, 3.8) is 0 Å². The Balaban J connectivity index is 2.53. The number of rotatable bonds is 4. The van der Waals surface area contributed by atoms with Crippen LogP contribution in [0.2, 0.25) is 0 Å². The molecule has 3 N–H and O–H groups in total. The van der Waals surface area contributed by atoms with Crippen LogP contribution in [-0.4, -0.2) is 5.91 Å². The van der Waals surface area contributed by atoms with Gasteiger partial charge in [0.15, 0.2) is 0 Å². The lowest BCUT2D eigenvalue weighted by atomic mass is 9.89. The van der Waals surface area contributed by atoms with E-state index in [2.05, 4.69) is 30.5 Å². The fraction of sp³-hybridized carbons (Fsp3) is 0.267. The Hall–Kier alpha value is -1.87. The zero-order valence-corrected chi connectivity index (χ0v) is 10.5. The fourth-order valence-electron chi connectivity index (χ4n) is 2.37. The standard InChI is InChI=1S/C15H18N2O/c1-2-6-14(15(18)17-16)13-10-5-8-11-7-3-4-9-12(11)13/h3-5,7-10,14H,2,6,16H2,1H3,(H,17,18). The van der Waals surface area contributed by atoms with Gasteiger partial charge in [-0.2, -0.15) is 0 Å². The normalized spacial score (nSPS) is 12.3. The Morgan fingerprint density at radius 1 is 1.22 bits per heavy atom. The predicted octanol–water partition coefficient (Wildman–Crippen LogP) is 2.71. The molecule has 3 nitrogen and oxygen atoms in total. The maximum Gasteiger partial charge on any atom is 0.241 e. The number of hydrogen-bond donors (Lipinski definition) is 2. The van der Waals surface area contributed by atoms with Crippen LogP contribution in [0.3, 0.4) is 0 Å². The Morgan fingerprint density at radius 2 is 1.94 bits per heavy atom. The fourth-order valence-corrected chi connectivity index (χ4v) is 2.37. The molecule has 2 aromatic carbocycles. The summed E-state index contributed by atoms with van der Waals surface area (Å²) in [5.74, 6) is 4.99. The van der Waals surface area contributed by atoms with Crippen molar-refractivity contribution in [1.29, 1.82) is 0 Å². The number of carbonyl (C=O) groups excluding carboxylic acids is 1. The van der Waals surface area contributed by atoms with E-state index in [-0.39, 0.29) is 11.8 Å². The molecule has 0 spiro atoms. The molecule has 0 bridgehead atoms. The van der Waals surface area contributed by atoms with E-state index in [1.54, 1.807) is 0 Å². The molecule has 0 heterocycles. The lowest BCUT2D eigenvalue weighted by Crippen LogP contribution is -2.34. The van der Waals surface area contributed by atoms with Crippen LogP contribution in [0.15, 0.2) is 42.5 Å². The van der Waals surface area contributed by atoms with E-state index in [1.165, 1.54) is 0 Å². The first-order valence-corrected chi connectivity index (χ1v) is 6.26. The largest absolute Gasteiger partial charge is 0.294 e. The van der Waals surface area contributed by atoms with E-state index in [0.29, 0.717) is 0 Å². The van der Waals surface area contributed by atoms with Crippen LogP contribution in [0, 0.1) is 0 Å². The molecule has 1 atom stereocenters. The average Bonchev–Trinajstić information content (AvgIpc) is 2.43. The van der Waals surface area contributed by atoms with Gasteiger partial charge in [-0.3, -0.25) is 10.2 Å². The summed E-state index contributed by atoms with van der Waals surface area (Å²) in [6.45, 7) is 2.07. The number of hydrazine groups is 1. The summed E-state index contributed by atoms with van der Waals surface area (Å²) in [7, 11) is 0. The molecule has 0 saturated heterocycles. The number of hydrogen-bond acceptors (Lipinski definition) is 2. The number of amides is 1. The molecular formula is C15H18N2O. The van der Waals surface area contributed by atoms with E-state index in [1.807, 2.05) is 24.3 Å². The Morgan fingerprint density at radius 3 is 2.67 bits per heavy atom. The maximum absolute atomic E-state index is 11.9. The molecular weight excluding hydrogens is 224 g/mol. The van der Waals surface area contributed by atoms with Crippen molar-refractivity contribution < 1.29 is 4.79 Å². The molecule has 0 aromatic heterocycles. The highest BCUT2D eigenvalue weighted by atomic mass is 16.2. The van der Waals surface area contributed by atoms with Gasteiger partial charge < -0.3 is 0 Å². The second kappa shape index (κ2) is 5.65. The first kappa shape index (κ1) is 12.6. The summed E-state index contributed by atoms with van der Waals surface area (Å²) in [5, 5.41) is 2.28. The van der Waals surface area contributed by atoms with Gasteiger partial charge in [0.1, 0.15) is 0 Å². The van der Waals surface area contributed by atoms with E-state index in [4.69, 9.17) is 5.84 Å². The summed E-state index contributed by atoms with van der Waals surface area (Å²) in [6.07, 6.45) is 1.75. The molecule has 94 valence electrons. The summed E-state index contributed by atoms with van der Waals surface area (Å²) < 4.78 is 0. The van der Waals surface area contributed by atoms with Gasteiger partial charge in [0.25, 0.3) is 0 Å². The van der Waals surface area contributed by atoms with Crippen LogP contribution in [0.25, 0.3) is 10.8 Å². The Labute approximate surface area is 107 Å². The van der Waals surface area contributed by atoms with E-state index < -0.39 is 0 Å². The summed E-state index contributed by atoms with van der Waals surface area (Å²) in [6, 6.07) is 14.2. The second-order valence-electron chi connectivity index (χ2n) is 4.42. The van der Waals surface area contributed by atoms with Crippen molar-refractivity contribution in [2.24, 2.45) is 5.84 Å². The lowest BCUT2D eigenvalue weighted by molar-refractivity contribution is -0.122. The van der Waals surface area contributed by atoms with Crippen LogP contribution < -0.4 is 11.3 Å². The smallest absolute Gasteiger partial charge is 0.241 e. The Kier molecular flexibility index (Phi) is 3.95. The van der Waals surface area contributed by atoms with Crippen LogP contribution >= 0.6 is 0 Å². The molecule has 2 aromatic rings. The molecule has 0 radical (unpaired) electrons. The van der Waals surface area contributed by atoms with Gasteiger partial charge in [0.05, 0.1) is 5.92 Å². The first-order chi connectivity index (χ1) is 8.77. The molecule has 1 amide bonds. The molecule has 1 unspecified atom stereocenters. The van der Waals surface area contributed by atoms with Gasteiger partial charge in [-0.05, 0) is 22.8 Å². The van der Waals surface area contributed by atoms with Gasteiger partial charge in [0, 0.05) is 0 Å². The average molecular weight is 242 g/mol. The molecule has 0 aliphatic heterocycles. The van der Waals surface area contributed by atoms with Crippen LogP contribution in [0.1, 0.15) is 31.2 Å². The Bertz CT molecular complexity index is 546. The van der Waals surface area contributed by atoms with Crippen molar-refractivity contribution in [2.45, 2.75) is 25.7 Å². The SMILES string of the molecule is CCCC(C(=O)NN)c1cccc2ccccc12. The zero-order chi connectivity index (χ0) is 13.0. The molecule has 0 aliphatic carbocycles. The van der Waals surface area contributed by atoms with Gasteiger partial charge >= 0.3 is 0 Å². The number of nitrogens with one attached hydrogen (secondary N) is 1. The van der Waals surface area contributed by atoms with E-state index in [9.17, 15) is 4.79 Å². The highest BCUT2D eigenvalue weighted by molar-refractivity contribution is 5.92. The van der Waals surface area contributed by atoms with Crippen LogP contribution in [-0.2, 0) is 4.79 Å². The third-order valence-electron chi connectivity index (χ3n) is 3.23. The monoisotopic (exact) mass is 242 g/mol.